The van der Waals surface area contributed by atoms with Crippen LogP contribution in [0, 0.1) is 5.82 Å². The molecule has 3 aromatic rings. The highest BCUT2D eigenvalue weighted by Crippen LogP contribution is 2.32. The SMILES string of the molecule is O=C(CSc1nc2ccc(/N=C/c3ccc(F)cc3)cc2s1)N1CCOCC1. The van der Waals surface area contributed by atoms with Gasteiger partial charge in [-0.2, -0.15) is 0 Å². The number of ether oxygens (including phenoxy) is 1. The topological polar surface area (TPSA) is 54.8 Å². The van der Waals surface area contributed by atoms with Crippen molar-refractivity contribution in [3.05, 3.63) is 53.8 Å². The van der Waals surface area contributed by atoms with Gasteiger partial charge in [0.15, 0.2) is 4.34 Å². The van der Waals surface area contributed by atoms with Crippen LogP contribution in [0.3, 0.4) is 0 Å². The second kappa shape index (κ2) is 8.81. The Hall–Kier alpha value is -2.29. The number of carbonyl (C=O) groups excluding carboxylic acids is 1. The first-order chi connectivity index (χ1) is 13.7. The molecule has 0 unspecified atom stereocenters. The molecule has 2 aromatic carbocycles. The zero-order valence-corrected chi connectivity index (χ0v) is 16.6. The minimum Gasteiger partial charge on any atom is -0.378 e. The van der Waals surface area contributed by atoms with Crippen LogP contribution in [0.15, 0.2) is 51.8 Å². The maximum absolute atomic E-state index is 13.0. The number of aliphatic imine (C=N–C) groups is 1. The Labute approximate surface area is 170 Å². The van der Waals surface area contributed by atoms with Crippen LogP contribution in [0.5, 0.6) is 0 Å². The van der Waals surface area contributed by atoms with Gasteiger partial charge >= 0.3 is 0 Å². The van der Waals surface area contributed by atoms with Crippen molar-refractivity contribution in [1.29, 1.82) is 0 Å². The fourth-order valence-corrected chi connectivity index (χ4v) is 4.76. The number of morpholine rings is 1. The second-order valence-corrected chi connectivity index (χ2v) is 8.48. The molecule has 4 rings (SSSR count). The smallest absolute Gasteiger partial charge is 0.233 e. The number of fused-ring (bicyclic) bond motifs is 1. The van der Waals surface area contributed by atoms with E-state index >= 15 is 0 Å². The van der Waals surface area contributed by atoms with Gasteiger partial charge in [0, 0.05) is 19.3 Å². The summed E-state index contributed by atoms with van der Waals surface area (Å²) in [5.41, 5.74) is 2.54. The average Bonchev–Trinajstić information content (AvgIpc) is 3.14. The molecule has 1 aromatic heterocycles. The molecular weight excluding hydrogens is 397 g/mol. The number of hydrogen-bond donors (Lipinski definition) is 0. The quantitative estimate of drug-likeness (QED) is 0.464. The van der Waals surface area contributed by atoms with E-state index in [1.54, 1.807) is 29.7 Å². The zero-order valence-electron chi connectivity index (χ0n) is 15.0. The van der Waals surface area contributed by atoms with Crippen LogP contribution in [0.4, 0.5) is 10.1 Å². The summed E-state index contributed by atoms with van der Waals surface area (Å²) in [4.78, 5) is 23.1. The number of carbonyl (C=O) groups is 1. The van der Waals surface area contributed by atoms with Crippen molar-refractivity contribution < 1.29 is 13.9 Å². The Bertz CT molecular complexity index is 998. The van der Waals surface area contributed by atoms with Crippen molar-refractivity contribution in [2.75, 3.05) is 32.1 Å². The van der Waals surface area contributed by atoms with Gasteiger partial charge in [0.25, 0.3) is 0 Å². The van der Waals surface area contributed by atoms with E-state index in [0.29, 0.717) is 32.1 Å². The van der Waals surface area contributed by atoms with Crippen molar-refractivity contribution in [3.8, 4) is 0 Å². The molecule has 0 aliphatic carbocycles. The van der Waals surface area contributed by atoms with Crippen molar-refractivity contribution in [3.63, 3.8) is 0 Å². The summed E-state index contributed by atoms with van der Waals surface area (Å²) < 4.78 is 20.1. The molecule has 0 saturated carbocycles. The molecule has 1 saturated heterocycles. The summed E-state index contributed by atoms with van der Waals surface area (Å²) in [7, 11) is 0. The van der Waals surface area contributed by atoms with E-state index in [4.69, 9.17) is 4.74 Å². The van der Waals surface area contributed by atoms with Gasteiger partial charge in [-0.3, -0.25) is 9.79 Å². The van der Waals surface area contributed by atoms with Gasteiger partial charge in [0.05, 0.1) is 34.9 Å². The fraction of sp³-hybridized carbons (Fsp3) is 0.250. The Morgan fingerprint density at radius 2 is 2.04 bits per heavy atom. The lowest BCUT2D eigenvalue weighted by Crippen LogP contribution is -2.41. The molecule has 8 heteroatoms. The average molecular weight is 416 g/mol. The van der Waals surface area contributed by atoms with E-state index in [1.807, 2.05) is 23.1 Å². The Kier molecular flexibility index (Phi) is 5.99. The van der Waals surface area contributed by atoms with Crippen LogP contribution in [0.25, 0.3) is 10.2 Å². The van der Waals surface area contributed by atoms with E-state index in [9.17, 15) is 9.18 Å². The molecule has 1 amide bonds. The lowest BCUT2D eigenvalue weighted by Gasteiger charge is -2.26. The standard InChI is InChI=1S/C20H18FN3O2S2/c21-15-3-1-14(2-4-15)12-22-16-5-6-17-18(11-16)28-20(23-17)27-13-19(25)24-7-9-26-10-8-24/h1-6,11-12H,7-10,13H2/b22-12+. The van der Waals surface area contributed by atoms with E-state index < -0.39 is 0 Å². The van der Waals surface area contributed by atoms with Crippen molar-refractivity contribution in [1.82, 2.24) is 9.88 Å². The summed E-state index contributed by atoms with van der Waals surface area (Å²) in [6.45, 7) is 2.54. The number of thioether (sulfide) groups is 1. The third kappa shape index (κ3) is 4.76. The molecule has 144 valence electrons. The molecule has 2 heterocycles. The second-order valence-electron chi connectivity index (χ2n) is 6.22. The number of rotatable bonds is 5. The largest absolute Gasteiger partial charge is 0.378 e. The zero-order chi connectivity index (χ0) is 19.3. The first kappa shape index (κ1) is 19.0. The van der Waals surface area contributed by atoms with Crippen molar-refractivity contribution in [2.45, 2.75) is 4.34 Å². The van der Waals surface area contributed by atoms with Gasteiger partial charge in [0.2, 0.25) is 5.91 Å². The highest BCUT2D eigenvalue weighted by Gasteiger charge is 2.17. The van der Waals surface area contributed by atoms with E-state index in [1.165, 1.54) is 23.9 Å². The van der Waals surface area contributed by atoms with E-state index in [2.05, 4.69) is 9.98 Å². The summed E-state index contributed by atoms with van der Waals surface area (Å²) in [6, 6.07) is 12.0. The first-order valence-electron chi connectivity index (χ1n) is 8.86. The summed E-state index contributed by atoms with van der Waals surface area (Å²) in [5.74, 6) is 0.243. The van der Waals surface area contributed by atoms with Gasteiger partial charge in [-0.05, 0) is 35.9 Å². The minimum absolute atomic E-state index is 0.122. The predicted molar refractivity (Wildman–Crippen MR) is 111 cm³/mol. The third-order valence-corrected chi connectivity index (χ3v) is 6.41. The van der Waals surface area contributed by atoms with Gasteiger partial charge in [0.1, 0.15) is 5.82 Å². The van der Waals surface area contributed by atoms with Gasteiger partial charge < -0.3 is 9.64 Å². The monoisotopic (exact) mass is 415 g/mol. The van der Waals surface area contributed by atoms with Crippen LogP contribution in [-0.2, 0) is 9.53 Å². The Morgan fingerprint density at radius 3 is 2.82 bits per heavy atom. The van der Waals surface area contributed by atoms with Crippen molar-refractivity contribution >= 4 is 51.1 Å². The molecule has 1 aliphatic rings. The molecule has 0 atom stereocenters. The van der Waals surface area contributed by atoms with Crippen LogP contribution < -0.4 is 0 Å². The van der Waals surface area contributed by atoms with Crippen LogP contribution in [0.2, 0.25) is 0 Å². The maximum Gasteiger partial charge on any atom is 0.233 e. The highest BCUT2D eigenvalue weighted by atomic mass is 32.2. The predicted octanol–water partition coefficient (Wildman–Crippen LogP) is 4.14. The summed E-state index contributed by atoms with van der Waals surface area (Å²) in [6.07, 6.45) is 1.71. The summed E-state index contributed by atoms with van der Waals surface area (Å²) in [5, 5.41) is 0. The first-order valence-corrected chi connectivity index (χ1v) is 10.7. The van der Waals surface area contributed by atoms with E-state index in [0.717, 1.165) is 25.8 Å². The van der Waals surface area contributed by atoms with Gasteiger partial charge in [-0.15, -0.1) is 11.3 Å². The Balaban J connectivity index is 1.41. The number of hydrogen-bond acceptors (Lipinski definition) is 6. The maximum atomic E-state index is 13.0. The third-order valence-electron chi connectivity index (χ3n) is 4.27. The Morgan fingerprint density at radius 1 is 1.25 bits per heavy atom. The number of benzene rings is 2. The summed E-state index contributed by atoms with van der Waals surface area (Å²) >= 11 is 3.02. The van der Waals surface area contributed by atoms with Crippen LogP contribution in [-0.4, -0.2) is 54.1 Å². The number of nitrogens with zero attached hydrogens (tertiary/aromatic N) is 3. The van der Waals surface area contributed by atoms with Crippen LogP contribution in [0.1, 0.15) is 5.56 Å². The number of thiazole rings is 1. The molecule has 0 bridgehead atoms. The molecule has 1 fully saturated rings. The molecule has 5 nitrogen and oxygen atoms in total. The number of amides is 1. The highest BCUT2D eigenvalue weighted by molar-refractivity contribution is 8.01. The minimum atomic E-state index is -0.264. The van der Waals surface area contributed by atoms with Gasteiger partial charge in [-0.25, -0.2) is 9.37 Å². The molecular formula is C20H18FN3O2S2. The number of halogens is 1. The lowest BCUT2D eigenvalue weighted by molar-refractivity contribution is -0.132. The molecule has 0 radical (unpaired) electrons. The van der Waals surface area contributed by atoms with E-state index in [-0.39, 0.29) is 11.7 Å². The van der Waals surface area contributed by atoms with Crippen LogP contribution >= 0.6 is 23.1 Å². The molecule has 0 spiro atoms. The normalized spacial score (nSPS) is 14.8. The fourth-order valence-electron chi connectivity index (χ4n) is 2.76. The molecule has 28 heavy (non-hydrogen) atoms. The number of aromatic nitrogens is 1. The molecule has 1 aliphatic heterocycles. The van der Waals surface area contributed by atoms with Gasteiger partial charge in [-0.1, -0.05) is 23.9 Å². The molecule has 0 N–H and O–H groups in total. The lowest BCUT2D eigenvalue weighted by atomic mass is 10.2. The van der Waals surface area contributed by atoms with Crippen molar-refractivity contribution in [2.24, 2.45) is 4.99 Å².